The van der Waals surface area contributed by atoms with E-state index < -0.39 is 6.09 Å². The molecule has 0 saturated carbocycles. The molecule has 82 valence electrons. The molecule has 0 aliphatic carbocycles. The van der Waals surface area contributed by atoms with Crippen molar-refractivity contribution in [3.05, 3.63) is 24.3 Å². The predicted molar refractivity (Wildman–Crippen MR) is 58.0 cm³/mol. The molecule has 15 heavy (non-hydrogen) atoms. The van der Waals surface area contributed by atoms with E-state index in [1.165, 1.54) is 12.1 Å². The Balaban J connectivity index is 2.51. The highest BCUT2D eigenvalue weighted by Crippen LogP contribution is 2.15. The number of hydrogen-bond acceptors (Lipinski definition) is 3. The van der Waals surface area contributed by atoms with Crippen LogP contribution in [0.3, 0.4) is 0 Å². The first-order valence-corrected chi connectivity index (χ1v) is 4.88. The third-order valence-corrected chi connectivity index (χ3v) is 1.98. The van der Waals surface area contributed by atoms with E-state index in [1.54, 1.807) is 12.1 Å². The second-order valence-corrected chi connectivity index (χ2v) is 3.30. The molecule has 1 aromatic rings. The molecule has 0 fully saturated rings. The molecule has 0 heterocycles. The average Bonchev–Trinajstić information content (AvgIpc) is 2.17. The zero-order valence-corrected chi connectivity index (χ0v) is 8.86. The number of anilines is 1. The molecule has 1 rings (SSSR count). The molecule has 0 bridgehead atoms. The van der Waals surface area contributed by atoms with E-state index in [-0.39, 0.29) is 11.9 Å². The van der Waals surface area contributed by atoms with E-state index >= 15 is 0 Å². The molecular weight excluding hydrogens is 194 g/mol. The summed E-state index contributed by atoms with van der Waals surface area (Å²) in [6.07, 6.45) is 0.158. The molecule has 0 aromatic heterocycles. The Labute approximate surface area is 88.9 Å². The highest BCUT2D eigenvalue weighted by Gasteiger charge is 2.07. The number of carbonyl (C=O) groups excluding carboxylic acids is 1. The maximum absolute atomic E-state index is 11.3. The molecule has 0 aliphatic rings. The summed E-state index contributed by atoms with van der Waals surface area (Å²) in [5.41, 5.74) is 0.517. The number of nitrogens with one attached hydrogen (secondary N) is 1. The monoisotopic (exact) mass is 209 g/mol. The summed E-state index contributed by atoms with van der Waals surface area (Å²) >= 11 is 0. The van der Waals surface area contributed by atoms with Crippen molar-refractivity contribution in [2.45, 2.75) is 26.4 Å². The molecule has 2 N–H and O–H groups in total. The van der Waals surface area contributed by atoms with E-state index in [9.17, 15) is 4.79 Å². The van der Waals surface area contributed by atoms with E-state index in [2.05, 4.69) is 5.32 Å². The minimum absolute atomic E-state index is 0.108. The van der Waals surface area contributed by atoms with Crippen LogP contribution in [0, 0.1) is 0 Å². The minimum Gasteiger partial charge on any atom is -0.508 e. The van der Waals surface area contributed by atoms with Crippen LogP contribution in [0.25, 0.3) is 0 Å². The average molecular weight is 209 g/mol. The molecule has 0 spiro atoms. The Hall–Kier alpha value is -1.71. The zero-order valence-electron chi connectivity index (χ0n) is 8.86. The van der Waals surface area contributed by atoms with Crippen LogP contribution in [0.15, 0.2) is 24.3 Å². The molecule has 4 nitrogen and oxygen atoms in total. The Kier molecular flexibility index (Phi) is 3.97. The number of carbonyl (C=O) groups is 1. The maximum Gasteiger partial charge on any atom is 0.411 e. The van der Waals surface area contributed by atoms with Gasteiger partial charge in [0, 0.05) is 11.8 Å². The summed E-state index contributed by atoms with van der Waals surface area (Å²) in [6.45, 7) is 3.76. The van der Waals surface area contributed by atoms with Crippen LogP contribution in [0.1, 0.15) is 20.3 Å². The molecular formula is C11H15NO3. The van der Waals surface area contributed by atoms with Crippen LogP contribution < -0.4 is 5.32 Å². The van der Waals surface area contributed by atoms with Gasteiger partial charge in [-0.2, -0.15) is 0 Å². The van der Waals surface area contributed by atoms with Gasteiger partial charge in [-0.15, -0.1) is 0 Å². The van der Waals surface area contributed by atoms with Crippen molar-refractivity contribution in [3.63, 3.8) is 0 Å². The second kappa shape index (κ2) is 5.24. The van der Waals surface area contributed by atoms with Crippen molar-refractivity contribution in [2.24, 2.45) is 0 Å². The molecule has 4 heteroatoms. The lowest BCUT2D eigenvalue weighted by atomic mass is 10.3. The van der Waals surface area contributed by atoms with Crippen LogP contribution >= 0.6 is 0 Å². The number of hydrogen-bond donors (Lipinski definition) is 2. The van der Waals surface area contributed by atoms with E-state index in [0.29, 0.717) is 5.69 Å². The number of phenols is 1. The quantitative estimate of drug-likeness (QED) is 0.804. The molecule has 1 aromatic carbocycles. The number of amides is 1. The van der Waals surface area contributed by atoms with Crippen LogP contribution in [0.5, 0.6) is 5.75 Å². The number of phenolic OH excluding ortho intramolecular Hbond substituents is 1. The normalized spacial score (nSPS) is 11.9. The van der Waals surface area contributed by atoms with Crippen molar-refractivity contribution >= 4 is 11.8 Å². The van der Waals surface area contributed by atoms with Gasteiger partial charge in [-0.05, 0) is 25.5 Å². The van der Waals surface area contributed by atoms with Gasteiger partial charge in [0.15, 0.2) is 0 Å². The predicted octanol–water partition coefficient (Wildman–Crippen LogP) is 2.74. The van der Waals surface area contributed by atoms with Crippen molar-refractivity contribution in [1.29, 1.82) is 0 Å². The van der Waals surface area contributed by atoms with Crippen LogP contribution in [0.4, 0.5) is 10.5 Å². The third kappa shape index (κ3) is 3.89. The van der Waals surface area contributed by atoms with Gasteiger partial charge in [0.1, 0.15) is 11.9 Å². The lowest BCUT2D eigenvalue weighted by Crippen LogP contribution is -2.19. The fraction of sp³-hybridized carbons (Fsp3) is 0.364. The molecule has 0 saturated heterocycles. The fourth-order valence-corrected chi connectivity index (χ4v) is 0.997. The van der Waals surface area contributed by atoms with Gasteiger partial charge in [0.05, 0.1) is 0 Å². The molecule has 1 atom stereocenters. The summed E-state index contributed by atoms with van der Waals surface area (Å²) in [7, 11) is 0. The van der Waals surface area contributed by atoms with E-state index in [4.69, 9.17) is 9.84 Å². The molecule has 0 radical (unpaired) electrons. The third-order valence-electron chi connectivity index (χ3n) is 1.98. The van der Waals surface area contributed by atoms with Gasteiger partial charge in [-0.3, -0.25) is 5.32 Å². The Bertz CT molecular complexity index is 338. The molecule has 1 amide bonds. The van der Waals surface area contributed by atoms with Crippen molar-refractivity contribution < 1.29 is 14.6 Å². The maximum atomic E-state index is 11.3. The zero-order chi connectivity index (χ0) is 11.3. The summed E-state index contributed by atoms with van der Waals surface area (Å²) < 4.78 is 5.01. The topological polar surface area (TPSA) is 58.6 Å². The summed E-state index contributed by atoms with van der Waals surface area (Å²) in [5.74, 6) is 0.108. The van der Waals surface area contributed by atoms with Gasteiger partial charge in [0.2, 0.25) is 0 Å². The van der Waals surface area contributed by atoms with Gasteiger partial charge in [-0.25, -0.2) is 4.79 Å². The highest BCUT2D eigenvalue weighted by molar-refractivity contribution is 5.84. The SMILES string of the molecule is CCC(C)OC(=O)Nc1cccc(O)c1. The fourth-order valence-electron chi connectivity index (χ4n) is 0.997. The number of rotatable bonds is 3. The standard InChI is InChI=1S/C11H15NO3/c1-3-8(2)15-11(14)12-9-5-4-6-10(13)7-9/h4-8,13H,3H2,1-2H3,(H,12,14). The van der Waals surface area contributed by atoms with Crippen molar-refractivity contribution in [2.75, 3.05) is 5.32 Å². The van der Waals surface area contributed by atoms with E-state index in [0.717, 1.165) is 6.42 Å². The summed E-state index contributed by atoms with van der Waals surface area (Å²) in [5, 5.41) is 11.7. The van der Waals surface area contributed by atoms with Crippen LogP contribution in [-0.2, 0) is 4.74 Å². The number of benzene rings is 1. The highest BCUT2D eigenvalue weighted by atomic mass is 16.6. The van der Waals surface area contributed by atoms with E-state index in [1.807, 2.05) is 13.8 Å². The van der Waals surface area contributed by atoms with Gasteiger partial charge < -0.3 is 9.84 Å². The van der Waals surface area contributed by atoms with Crippen molar-refractivity contribution in [3.8, 4) is 5.75 Å². The number of aromatic hydroxyl groups is 1. The summed E-state index contributed by atoms with van der Waals surface area (Å²) in [6, 6.07) is 6.31. The Morgan fingerprint density at radius 1 is 1.60 bits per heavy atom. The van der Waals surface area contributed by atoms with Crippen LogP contribution in [-0.4, -0.2) is 17.3 Å². The van der Waals surface area contributed by atoms with Crippen LogP contribution in [0.2, 0.25) is 0 Å². The second-order valence-electron chi connectivity index (χ2n) is 3.30. The first-order valence-electron chi connectivity index (χ1n) is 4.88. The minimum atomic E-state index is -0.505. The van der Waals surface area contributed by atoms with Gasteiger partial charge >= 0.3 is 6.09 Å². The van der Waals surface area contributed by atoms with Crippen molar-refractivity contribution in [1.82, 2.24) is 0 Å². The largest absolute Gasteiger partial charge is 0.508 e. The molecule has 0 aliphatic heterocycles. The molecule has 1 unspecified atom stereocenters. The number of ether oxygens (including phenoxy) is 1. The summed E-state index contributed by atoms with van der Waals surface area (Å²) in [4.78, 5) is 11.3. The lowest BCUT2D eigenvalue weighted by Gasteiger charge is -2.11. The lowest BCUT2D eigenvalue weighted by molar-refractivity contribution is 0.118. The van der Waals surface area contributed by atoms with Gasteiger partial charge in [-0.1, -0.05) is 13.0 Å². The Morgan fingerprint density at radius 2 is 2.33 bits per heavy atom. The Morgan fingerprint density at radius 3 is 2.93 bits per heavy atom. The smallest absolute Gasteiger partial charge is 0.411 e. The first kappa shape index (κ1) is 11.4. The van der Waals surface area contributed by atoms with Gasteiger partial charge in [0.25, 0.3) is 0 Å². The first-order chi connectivity index (χ1) is 7.11.